The van der Waals surface area contributed by atoms with Gasteiger partial charge in [0.25, 0.3) is 0 Å². The molecule has 0 amide bonds. The van der Waals surface area contributed by atoms with Gasteiger partial charge in [-0.2, -0.15) is 0 Å². The van der Waals surface area contributed by atoms with E-state index in [1.54, 1.807) is 0 Å². The minimum absolute atomic E-state index is 0.106. The second-order valence-electron chi connectivity index (χ2n) is 21.0. The van der Waals surface area contributed by atoms with Crippen LogP contribution in [0.15, 0.2) is 231 Å². The molecule has 0 saturated heterocycles. The Bertz CT molecular complexity index is 3140. The molecule has 0 aromatic heterocycles. The molecular weight excluding hydrogens is 833 g/mol. The highest BCUT2D eigenvalue weighted by Crippen LogP contribution is 2.55. The van der Waals surface area contributed by atoms with E-state index in [9.17, 15) is 0 Å². The molecule has 1 fully saturated rings. The number of hydrogen-bond acceptors (Lipinski definition) is 2. The van der Waals surface area contributed by atoms with Crippen LogP contribution in [0.1, 0.15) is 82.6 Å². The van der Waals surface area contributed by atoms with E-state index in [1.807, 2.05) is 0 Å². The van der Waals surface area contributed by atoms with Crippen molar-refractivity contribution in [2.45, 2.75) is 71.1 Å². The zero-order chi connectivity index (χ0) is 47.2. The van der Waals surface area contributed by atoms with Gasteiger partial charge in [0.05, 0.1) is 0 Å². The third kappa shape index (κ3) is 8.16. The van der Waals surface area contributed by atoms with E-state index in [2.05, 4.69) is 275 Å². The van der Waals surface area contributed by atoms with E-state index in [0.29, 0.717) is 5.92 Å². The molecule has 2 aliphatic carbocycles. The number of para-hydroxylation sites is 2. The molecule has 340 valence electrons. The Morgan fingerprint density at radius 2 is 0.797 bits per heavy atom. The molecule has 0 heterocycles. The lowest BCUT2D eigenvalue weighted by Crippen LogP contribution is -2.36. The van der Waals surface area contributed by atoms with Gasteiger partial charge in [0, 0.05) is 45.0 Å². The third-order valence-electron chi connectivity index (χ3n) is 15.7. The molecule has 0 spiro atoms. The minimum atomic E-state index is -0.175. The summed E-state index contributed by atoms with van der Waals surface area (Å²) in [6.45, 7) is 12.1. The van der Waals surface area contributed by atoms with Gasteiger partial charge in [0.2, 0.25) is 0 Å². The largest absolute Gasteiger partial charge is 0.311 e. The molecular formula is C67H62N2. The van der Waals surface area contributed by atoms with Gasteiger partial charge in [0.1, 0.15) is 0 Å². The van der Waals surface area contributed by atoms with Gasteiger partial charge >= 0.3 is 0 Å². The molecule has 2 aliphatic rings. The smallest absolute Gasteiger partial charge is 0.0465 e. The molecule has 0 bridgehead atoms. The molecule has 0 N–H and O–H groups in total. The molecule has 11 rings (SSSR count). The van der Waals surface area contributed by atoms with Crippen LogP contribution in [0.2, 0.25) is 0 Å². The Morgan fingerprint density at radius 1 is 0.377 bits per heavy atom. The topological polar surface area (TPSA) is 6.48 Å². The highest BCUT2D eigenvalue weighted by Gasteiger charge is 2.42. The standard InChI is InChI=1S/C67H62N2/c1-65(2,3)51-43-45-67(46-44-51,52-31-37-57(38-32-52)68(54-23-14-8-15-24-54)55-25-16-9-17-26-55)53-33-39-58(40-34-53)69(56-35-29-49(30-36-56)48-19-10-6-11-20-48)59-41-42-61-63(47-59)66(4,5)62-28-18-27-60(64(61)62)50-21-12-7-13-22-50/h6-42,47,51H,43-46H2,1-5H3. The van der Waals surface area contributed by atoms with Gasteiger partial charge in [-0.15, -0.1) is 0 Å². The molecule has 2 heteroatoms. The van der Waals surface area contributed by atoms with E-state index < -0.39 is 0 Å². The number of hydrogen-bond donors (Lipinski definition) is 0. The van der Waals surface area contributed by atoms with Gasteiger partial charge in [0.15, 0.2) is 0 Å². The summed E-state index contributed by atoms with van der Waals surface area (Å²) in [5.41, 5.74) is 20.1. The van der Waals surface area contributed by atoms with Crippen LogP contribution in [0.5, 0.6) is 0 Å². The third-order valence-corrected chi connectivity index (χ3v) is 15.7. The van der Waals surface area contributed by atoms with Crippen LogP contribution in [-0.2, 0) is 10.8 Å². The second-order valence-corrected chi connectivity index (χ2v) is 21.0. The summed E-state index contributed by atoms with van der Waals surface area (Å²) in [6.07, 6.45) is 4.63. The Kier molecular flexibility index (Phi) is 11.4. The van der Waals surface area contributed by atoms with Crippen molar-refractivity contribution in [3.63, 3.8) is 0 Å². The van der Waals surface area contributed by atoms with Crippen LogP contribution in [0, 0.1) is 11.3 Å². The summed E-state index contributed by atoms with van der Waals surface area (Å²) < 4.78 is 0. The maximum absolute atomic E-state index is 2.47. The molecule has 9 aromatic rings. The van der Waals surface area contributed by atoms with Crippen molar-refractivity contribution < 1.29 is 0 Å². The van der Waals surface area contributed by atoms with E-state index in [0.717, 1.165) is 47.0 Å². The molecule has 2 nitrogen and oxygen atoms in total. The summed E-state index contributed by atoms with van der Waals surface area (Å²) >= 11 is 0. The lowest BCUT2D eigenvalue weighted by Gasteiger charge is -2.45. The SMILES string of the molecule is CC1(C)c2cc(N(c3ccc(-c4ccccc4)cc3)c3ccc(C4(c5ccc(N(c6ccccc6)c6ccccc6)cc5)CCC(C(C)(C)C)CC4)cc3)ccc2-c2c(-c3ccccc3)cccc21. The zero-order valence-electron chi connectivity index (χ0n) is 40.7. The molecule has 0 radical (unpaired) electrons. The maximum atomic E-state index is 2.47. The summed E-state index contributed by atoms with van der Waals surface area (Å²) in [7, 11) is 0. The first-order valence-electron chi connectivity index (χ1n) is 25.0. The number of anilines is 6. The van der Waals surface area contributed by atoms with Crippen molar-refractivity contribution in [3.8, 4) is 33.4 Å². The number of rotatable bonds is 10. The lowest BCUT2D eigenvalue weighted by molar-refractivity contribution is 0.146. The predicted octanol–water partition coefficient (Wildman–Crippen LogP) is 18.8. The summed E-state index contributed by atoms with van der Waals surface area (Å²) in [4.78, 5) is 4.83. The predicted molar refractivity (Wildman–Crippen MR) is 293 cm³/mol. The molecule has 0 aliphatic heterocycles. The van der Waals surface area contributed by atoms with Crippen LogP contribution in [-0.4, -0.2) is 0 Å². The fraction of sp³-hybridized carbons (Fsp3) is 0.194. The highest BCUT2D eigenvalue weighted by atomic mass is 15.1. The molecule has 0 unspecified atom stereocenters. The van der Waals surface area contributed by atoms with Crippen molar-refractivity contribution >= 4 is 34.1 Å². The van der Waals surface area contributed by atoms with Crippen molar-refractivity contribution in [2.24, 2.45) is 11.3 Å². The summed E-state index contributed by atoms with van der Waals surface area (Å²) in [5, 5.41) is 0. The van der Waals surface area contributed by atoms with E-state index in [4.69, 9.17) is 0 Å². The molecule has 69 heavy (non-hydrogen) atoms. The van der Waals surface area contributed by atoms with E-state index in [-0.39, 0.29) is 16.2 Å². The molecule has 0 atom stereocenters. The zero-order valence-corrected chi connectivity index (χ0v) is 40.7. The van der Waals surface area contributed by atoms with Gasteiger partial charge in [-0.25, -0.2) is 0 Å². The van der Waals surface area contributed by atoms with Gasteiger partial charge < -0.3 is 9.80 Å². The minimum Gasteiger partial charge on any atom is -0.311 e. The van der Waals surface area contributed by atoms with Crippen LogP contribution in [0.25, 0.3) is 33.4 Å². The van der Waals surface area contributed by atoms with Crippen LogP contribution in [0.4, 0.5) is 34.1 Å². The first-order valence-corrected chi connectivity index (χ1v) is 25.0. The molecule has 9 aromatic carbocycles. The first kappa shape index (κ1) is 44.1. The Morgan fingerprint density at radius 3 is 1.30 bits per heavy atom. The number of fused-ring (bicyclic) bond motifs is 3. The monoisotopic (exact) mass is 894 g/mol. The van der Waals surface area contributed by atoms with Crippen LogP contribution in [0.3, 0.4) is 0 Å². The van der Waals surface area contributed by atoms with Gasteiger partial charge in [-0.1, -0.05) is 192 Å². The van der Waals surface area contributed by atoms with Crippen molar-refractivity contribution in [3.05, 3.63) is 253 Å². The van der Waals surface area contributed by atoms with Crippen molar-refractivity contribution in [1.82, 2.24) is 0 Å². The second kappa shape index (κ2) is 17.9. The van der Waals surface area contributed by atoms with Crippen molar-refractivity contribution in [2.75, 3.05) is 9.80 Å². The van der Waals surface area contributed by atoms with Crippen LogP contribution >= 0.6 is 0 Å². The van der Waals surface area contributed by atoms with Crippen LogP contribution < -0.4 is 9.80 Å². The maximum Gasteiger partial charge on any atom is 0.0465 e. The fourth-order valence-electron chi connectivity index (χ4n) is 11.8. The Hall–Kier alpha value is -7.42. The Balaban J connectivity index is 1.00. The number of nitrogens with zero attached hydrogens (tertiary/aromatic N) is 2. The highest BCUT2D eigenvalue weighted by molar-refractivity contribution is 5.94. The lowest BCUT2D eigenvalue weighted by atomic mass is 9.59. The van der Waals surface area contributed by atoms with Gasteiger partial charge in [-0.05, 0) is 165 Å². The Labute approximate surface area is 410 Å². The average molecular weight is 895 g/mol. The normalized spacial score (nSPS) is 17.1. The van der Waals surface area contributed by atoms with Crippen molar-refractivity contribution in [1.29, 1.82) is 0 Å². The number of benzene rings is 9. The van der Waals surface area contributed by atoms with E-state index in [1.165, 1.54) is 68.5 Å². The first-order chi connectivity index (χ1) is 33.6. The van der Waals surface area contributed by atoms with E-state index >= 15 is 0 Å². The quantitative estimate of drug-likeness (QED) is 0.135. The van der Waals surface area contributed by atoms with Gasteiger partial charge in [-0.3, -0.25) is 0 Å². The average Bonchev–Trinajstić information content (AvgIpc) is 3.63. The summed E-state index contributed by atoms with van der Waals surface area (Å²) in [5.74, 6) is 0.684. The summed E-state index contributed by atoms with van der Waals surface area (Å²) in [6, 6.07) is 85.4. The fourth-order valence-corrected chi connectivity index (χ4v) is 11.8. The molecule has 1 saturated carbocycles.